The van der Waals surface area contributed by atoms with Gasteiger partial charge in [-0.1, -0.05) is 39.8 Å². The summed E-state index contributed by atoms with van der Waals surface area (Å²) in [6.45, 7) is 10.0. The van der Waals surface area contributed by atoms with Crippen LogP contribution in [0.5, 0.6) is 11.5 Å². The first-order valence-corrected chi connectivity index (χ1v) is 8.47. The lowest BCUT2D eigenvalue weighted by molar-refractivity contribution is 0.287. The van der Waals surface area contributed by atoms with Crippen LogP contribution >= 0.6 is 0 Å². The maximum Gasteiger partial charge on any atom is 0.292 e. The molecule has 0 aliphatic rings. The molecular weight excluding hydrogens is 302 g/mol. The topological polar surface area (TPSA) is 40.5 Å². The normalized spacial score (nSPS) is 11.3. The van der Waals surface area contributed by atoms with E-state index in [1.165, 1.54) is 5.56 Å². The summed E-state index contributed by atoms with van der Waals surface area (Å²) in [6.07, 6.45) is 2.63. The molecule has 0 amide bonds. The highest BCUT2D eigenvalue weighted by Gasteiger charge is 2.13. The number of hydrogen-bond donors (Lipinski definition) is 0. The van der Waals surface area contributed by atoms with Gasteiger partial charge < -0.3 is 14.0 Å². The second-order valence-electron chi connectivity index (χ2n) is 6.84. The molecule has 1 aromatic heterocycles. The minimum Gasteiger partial charge on any atom is -0.492 e. The van der Waals surface area contributed by atoms with Gasteiger partial charge in [0.2, 0.25) is 0 Å². The van der Waals surface area contributed by atoms with E-state index in [1.807, 2.05) is 25.1 Å². The SMILES string of the molecule is CCCOc1cccn(CCOc2ccc(C(C)(C)C)cc2)c1=O. The van der Waals surface area contributed by atoms with Gasteiger partial charge in [0.1, 0.15) is 12.4 Å². The van der Waals surface area contributed by atoms with E-state index in [0.717, 1.165) is 12.2 Å². The number of hydrogen-bond acceptors (Lipinski definition) is 3. The van der Waals surface area contributed by atoms with Crippen molar-refractivity contribution in [3.05, 3.63) is 58.5 Å². The molecule has 4 heteroatoms. The molecule has 0 saturated heterocycles. The van der Waals surface area contributed by atoms with Crippen molar-refractivity contribution in [3.8, 4) is 11.5 Å². The van der Waals surface area contributed by atoms with Crippen molar-refractivity contribution in [2.45, 2.75) is 46.1 Å². The van der Waals surface area contributed by atoms with Crippen molar-refractivity contribution in [2.75, 3.05) is 13.2 Å². The molecule has 0 bridgehead atoms. The molecule has 1 heterocycles. The molecule has 2 aromatic rings. The Kier molecular flexibility index (Phi) is 6.07. The minimum absolute atomic E-state index is 0.113. The molecule has 0 spiro atoms. The van der Waals surface area contributed by atoms with E-state index in [4.69, 9.17) is 9.47 Å². The van der Waals surface area contributed by atoms with Crippen molar-refractivity contribution < 1.29 is 9.47 Å². The molecule has 0 atom stereocenters. The summed E-state index contributed by atoms with van der Waals surface area (Å²) in [6, 6.07) is 11.7. The Balaban J connectivity index is 1.93. The molecule has 2 rings (SSSR count). The van der Waals surface area contributed by atoms with Gasteiger partial charge in [0.25, 0.3) is 5.56 Å². The molecule has 1 aromatic carbocycles. The van der Waals surface area contributed by atoms with E-state index in [-0.39, 0.29) is 11.0 Å². The van der Waals surface area contributed by atoms with Gasteiger partial charge in [-0.15, -0.1) is 0 Å². The van der Waals surface area contributed by atoms with Gasteiger partial charge in [-0.2, -0.15) is 0 Å². The van der Waals surface area contributed by atoms with Crippen molar-refractivity contribution in [1.29, 1.82) is 0 Å². The van der Waals surface area contributed by atoms with Crippen LogP contribution in [0, 0.1) is 0 Å². The molecule has 4 nitrogen and oxygen atoms in total. The number of pyridine rings is 1. The third kappa shape index (κ3) is 4.88. The maximum atomic E-state index is 12.3. The Morgan fingerprint density at radius 2 is 1.71 bits per heavy atom. The lowest BCUT2D eigenvalue weighted by Crippen LogP contribution is -2.24. The summed E-state index contributed by atoms with van der Waals surface area (Å²) >= 11 is 0. The fourth-order valence-electron chi connectivity index (χ4n) is 2.33. The third-order valence-electron chi connectivity index (χ3n) is 3.77. The summed E-state index contributed by atoms with van der Waals surface area (Å²) in [5.41, 5.74) is 1.29. The van der Waals surface area contributed by atoms with Gasteiger partial charge in [0.15, 0.2) is 5.75 Å². The summed E-state index contributed by atoms with van der Waals surface area (Å²) < 4.78 is 12.8. The fourth-order valence-corrected chi connectivity index (χ4v) is 2.33. The Morgan fingerprint density at radius 1 is 1.00 bits per heavy atom. The Morgan fingerprint density at radius 3 is 2.33 bits per heavy atom. The lowest BCUT2D eigenvalue weighted by atomic mass is 9.87. The zero-order valence-corrected chi connectivity index (χ0v) is 15.0. The van der Waals surface area contributed by atoms with Crippen molar-refractivity contribution in [3.63, 3.8) is 0 Å². The average Bonchev–Trinajstić information content (AvgIpc) is 2.55. The third-order valence-corrected chi connectivity index (χ3v) is 3.77. The second kappa shape index (κ2) is 8.04. The van der Waals surface area contributed by atoms with Gasteiger partial charge in [-0.3, -0.25) is 4.79 Å². The van der Waals surface area contributed by atoms with Crippen LogP contribution in [-0.2, 0) is 12.0 Å². The minimum atomic E-state index is -0.113. The molecule has 0 N–H and O–H groups in total. The van der Waals surface area contributed by atoms with Gasteiger partial charge in [-0.05, 0) is 41.7 Å². The summed E-state index contributed by atoms with van der Waals surface area (Å²) in [5.74, 6) is 1.21. The molecule has 24 heavy (non-hydrogen) atoms. The number of benzene rings is 1. The molecule has 0 unspecified atom stereocenters. The van der Waals surface area contributed by atoms with Gasteiger partial charge in [-0.25, -0.2) is 0 Å². The largest absolute Gasteiger partial charge is 0.492 e. The van der Waals surface area contributed by atoms with Crippen LogP contribution in [0.3, 0.4) is 0 Å². The number of nitrogens with zero attached hydrogens (tertiary/aromatic N) is 1. The monoisotopic (exact) mass is 329 g/mol. The molecular formula is C20H27NO3. The first-order valence-electron chi connectivity index (χ1n) is 8.47. The first kappa shape index (κ1) is 18.1. The molecule has 0 fully saturated rings. The standard InChI is InChI=1S/C20H27NO3/c1-5-14-24-18-7-6-12-21(19(18)22)13-15-23-17-10-8-16(9-11-17)20(2,3)4/h6-12H,5,13-15H2,1-4H3. The van der Waals surface area contributed by atoms with Crippen LogP contribution in [0.25, 0.3) is 0 Å². The van der Waals surface area contributed by atoms with E-state index in [0.29, 0.717) is 25.5 Å². The molecule has 0 aliphatic carbocycles. The number of rotatable bonds is 7. The molecule has 0 radical (unpaired) electrons. The van der Waals surface area contributed by atoms with Crippen molar-refractivity contribution >= 4 is 0 Å². The highest BCUT2D eigenvalue weighted by Crippen LogP contribution is 2.24. The molecule has 0 aliphatic heterocycles. The van der Waals surface area contributed by atoms with Gasteiger partial charge in [0, 0.05) is 6.20 Å². The zero-order valence-electron chi connectivity index (χ0n) is 15.0. The zero-order chi connectivity index (χ0) is 17.6. The van der Waals surface area contributed by atoms with E-state index in [1.54, 1.807) is 16.8 Å². The molecule has 130 valence electrons. The quantitative estimate of drug-likeness (QED) is 0.770. The predicted molar refractivity (Wildman–Crippen MR) is 97.1 cm³/mol. The Hall–Kier alpha value is -2.23. The number of ether oxygens (including phenoxy) is 2. The van der Waals surface area contributed by atoms with E-state index in [2.05, 4.69) is 32.9 Å². The van der Waals surface area contributed by atoms with Crippen LogP contribution in [0.4, 0.5) is 0 Å². The van der Waals surface area contributed by atoms with Crippen LogP contribution in [0.1, 0.15) is 39.7 Å². The van der Waals surface area contributed by atoms with Crippen LogP contribution in [-0.4, -0.2) is 17.8 Å². The highest BCUT2D eigenvalue weighted by molar-refractivity contribution is 5.31. The lowest BCUT2D eigenvalue weighted by Gasteiger charge is -2.19. The summed E-state index contributed by atoms with van der Waals surface area (Å²) in [5, 5.41) is 0. The maximum absolute atomic E-state index is 12.3. The van der Waals surface area contributed by atoms with E-state index in [9.17, 15) is 4.79 Å². The van der Waals surface area contributed by atoms with Crippen LogP contribution < -0.4 is 15.0 Å². The average molecular weight is 329 g/mol. The van der Waals surface area contributed by atoms with Crippen LogP contribution in [0.15, 0.2) is 47.4 Å². The Bertz CT molecular complexity index is 696. The Labute approximate surface area is 144 Å². The van der Waals surface area contributed by atoms with Gasteiger partial charge >= 0.3 is 0 Å². The predicted octanol–water partition coefficient (Wildman–Crippen LogP) is 4.01. The fraction of sp³-hybridized carbons (Fsp3) is 0.450. The smallest absolute Gasteiger partial charge is 0.292 e. The van der Waals surface area contributed by atoms with Crippen molar-refractivity contribution in [2.24, 2.45) is 0 Å². The van der Waals surface area contributed by atoms with Crippen molar-refractivity contribution in [1.82, 2.24) is 4.57 Å². The highest BCUT2D eigenvalue weighted by atomic mass is 16.5. The second-order valence-corrected chi connectivity index (χ2v) is 6.84. The number of aromatic nitrogens is 1. The van der Waals surface area contributed by atoms with E-state index < -0.39 is 0 Å². The van der Waals surface area contributed by atoms with E-state index >= 15 is 0 Å². The van der Waals surface area contributed by atoms with Gasteiger partial charge in [0.05, 0.1) is 13.2 Å². The summed E-state index contributed by atoms with van der Waals surface area (Å²) in [4.78, 5) is 12.3. The molecule has 0 saturated carbocycles. The summed E-state index contributed by atoms with van der Waals surface area (Å²) in [7, 11) is 0. The van der Waals surface area contributed by atoms with Crippen LogP contribution in [0.2, 0.25) is 0 Å². The first-order chi connectivity index (χ1) is 11.4.